The third-order valence-corrected chi connectivity index (χ3v) is 11.6. The number of allylic oxidation sites excluding steroid dienone is 2. The normalized spacial score (nSPS) is 26.4. The summed E-state index contributed by atoms with van der Waals surface area (Å²) in [5.41, 5.74) is 1.39. The van der Waals surface area contributed by atoms with Gasteiger partial charge in [-0.3, -0.25) is 28.9 Å². The van der Waals surface area contributed by atoms with Gasteiger partial charge in [0.15, 0.2) is 5.78 Å². The number of aromatic hydroxyl groups is 1. The van der Waals surface area contributed by atoms with Crippen LogP contribution >= 0.6 is 0 Å². The number of nitrogens with zero attached hydrogens (tertiary/aromatic N) is 2. The Kier molecular flexibility index (Phi) is 7.86. The molecule has 3 fully saturated rings. The first-order valence-corrected chi connectivity index (χ1v) is 17.3. The highest BCUT2D eigenvalue weighted by Gasteiger charge is 2.68. The molecule has 4 aliphatic rings. The first-order valence-electron chi connectivity index (χ1n) is 17.3. The van der Waals surface area contributed by atoms with Crippen molar-refractivity contribution in [2.24, 2.45) is 29.1 Å². The molecule has 262 valence electrons. The molecule has 1 saturated carbocycles. The van der Waals surface area contributed by atoms with E-state index in [9.17, 15) is 29.1 Å². The Hall–Kier alpha value is -6.03. The fraction of sp³-hybridized carbons (Fsp3) is 0.262. The van der Waals surface area contributed by atoms with Crippen molar-refractivity contribution in [1.29, 1.82) is 0 Å². The van der Waals surface area contributed by atoms with E-state index in [1.54, 1.807) is 91.9 Å². The van der Waals surface area contributed by atoms with Crippen molar-refractivity contribution in [3.8, 4) is 17.2 Å². The number of imide groups is 2. The highest BCUT2D eigenvalue weighted by Crippen LogP contribution is 2.65. The lowest BCUT2D eigenvalue weighted by Crippen LogP contribution is -2.49. The van der Waals surface area contributed by atoms with E-state index < -0.39 is 52.7 Å². The molecule has 10 nitrogen and oxygen atoms in total. The van der Waals surface area contributed by atoms with E-state index in [4.69, 9.17) is 9.47 Å². The number of carbonyl (C=O) groups is 5. The summed E-state index contributed by atoms with van der Waals surface area (Å²) < 4.78 is 11.2. The minimum absolute atomic E-state index is 0.157. The molecule has 0 bridgehead atoms. The number of rotatable bonds is 7. The summed E-state index contributed by atoms with van der Waals surface area (Å²) in [6, 6.07) is 27.1. The van der Waals surface area contributed by atoms with Gasteiger partial charge < -0.3 is 14.6 Å². The van der Waals surface area contributed by atoms with Crippen LogP contribution in [0.2, 0.25) is 0 Å². The SMILES string of the molecule is COc1cc(O)c([C@H]2C3=CC[C@@H]4C(=O)N(c5ccc(C(=O)c6ccccc6)cc5)C(=O)[C@@H]4[C@@H]3C[C@H]3C(=O)N(c4ccccc4)C(=O)[C@@]23C)c(OC)c1. The van der Waals surface area contributed by atoms with E-state index in [0.717, 1.165) is 0 Å². The minimum Gasteiger partial charge on any atom is -0.507 e. The highest BCUT2D eigenvalue weighted by atomic mass is 16.5. The van der Waals surface area contributed by atoms with Crippen molar-refractivity contribution in [3.63, 3.8) is 0 Å². The molecule has 2 saturated heterocycles. The molecule has 0 unspecified atom stereocenters. The van der Waals surface area contributed by atoms with Crippen LogP contribution in [0.25, 0.3) is 0 Å². The monoisotopic (exact) mass is 696 g/mol. The second-order valence-corrected chi connectivity index (χ2v) is 14.0. The Morgan fingerprint density at radius 3 is 2.04 bits per heavy atom. The average Bonchev–Trinajstić information content (AvgIpc) is 3.54. The molecule has 2 heterocycles. The van der Waals surface area contributed by atoms with Gasteiger partial charge in [0.25, 0.3) is 0 Å². The number of amides is 4. The Morgan fingerprint density at radius 2 is 1.38 bits per heavy atom. The molecule has 6 atom stereocenters. The lowest BCUT2D eigenvalue weighted by molar-refractivity contribution is -0.131. The zero-order chi connectivity index (χ0) is 36.5. The standard InChI is InChI=1S/C42H36N2O8/c1-42-31(39(48)44(41(42)50)25-12-8-5-9-13-25)22-30-28(36(42)35-32(45)20-27(51-2)21-33(35)52-3)18-19-29-34(30)40(49)43(38(29)47)26-16-14-24(15-17-26)37(46)23-10-6-4-7-11-23/h4-18,20-21,29-31,34,36,45H,19,22H2,1-3H3/t29-,30+,31-,34-,36+,42+/m0/s1. The van der Waals surface area contributed by atoms with E-state index >= 15 is 0 Å². The first kappa shape index (κ1) is 33.1. The molecule has 8 rings (SSSR count). The van der Waals surface area contributed by atoms with Crippen molar-refractivity contribution in [3.05, 3.63) is 125 Å². The molecule has 4 amide bonds. The number of fused-ring (bicyclic) bond motifs is 4. The number of ketones is 1. The van der Waals surface area contributed by atoms with Crippen LogP contribution in [0.4, 0.5) is 11.4 Å². The Morgan fingerprint density at radius 1 is 0.750 bits per heavy atom. The van der Waals surface area contributed by atoms with Crippen molar-refractivity contribution in [1.82, 2.24) is 0 Å². The van der Waals surface area contributed by atoms with Gasteiger partial charge in [-0.15, -0.1) is 0 Å². The Bertz CT molecular complexity index is 2180. The quantitative estimate of drug-likeness (QED) is 0.140. The summed E-state index contributed by atoms with van der Waals surface area (Å²) >= 11 is 0. The zero-order valence-electron chi connectivity index (χ0n) is 28.8. The molecule has 0 aromatic heterocycles. The molecular formula is C42H36N2O8. The van der Waals surface area contributed by atoms with E-state index in [-0.39, 0.29) is 36.0 Å². The summed E-state index contributed by atoms with van der Waals surface area (Å²) in [4.78, 5) is 73.2. The second kappa shape index (κ2) is 12.3. The molecule has 2 aliphatic carbocycles. The van der Waals surface area contributed by atoms with Crippen LogP contribution < -0.4 is 19.3 Å². The minimum atomic E-state index is -1.37. The third kappa shape index (κ3) is 4.73. The number of carbonyl (C=O) groups excluding carboxylic acids is 5. The van der Waals surface area contributed by atoms with E-state index in [1.807, 2.05) is 12.1 Å². The molecule has 4 aromatic rings. The maximum absolute atomic E-state index is 14.7. The van der Waals surface area contributed by atoms with Gasteiger partial charge in [0.05, 0.1) is 48.8 Å². The van der Waals surface area contributed by atoms with Crippen molar-refractivity contribution in [2.45, 2.75) is 25.7 Å². The number of methoxy groups -OCH3 is 2. The van der Waals surface area contributed by atoms with Crippen LogP contribution in [0.15, 0.2) is 109 Å². The van der Waals surface area contributed by atoms with Crippen LogP contribution in [0, 0.1) is 29.1 Å². The number of benzene rings is 4. The van der Waals surface area contributed by atoms with Crippen molar-refractivity contribution in [2.75, 3.05) is 24.0 Å². The lowest BCUT2D eigenvalue weighted by atomic mass is 9.51. The van der Waals surface area contributed by atoms with Crippen LogP contribution in [-0.2, 0) is 19.2 Å². The van der Waals surface area contributed by atoms with Crippen LogP contribution in [0.1, 0.15) is 47.2 Å². The predicted molar refractivity (Wildman–Crippen MR) is 191 cm³/mol. The largest absolute Gasteiger partial charge is 0.507 e. The maximum Gasteiger partial charge on any atom is 0.241 e. The molecule has 0 spiro atoms. The molecule has 0 radical (unpaired) electrons. The van der Waals surface area contributed by atoms with Gasteiger partial charge in [0, 0.05) is 34.7 Å². The van der Waals surface area contributed by atoms with E-state index in [1.165, 1.54) is 30.1 Å². The number of phenols is 1. The number of hydrogen-bond donors (Lipinski definition) is 1. The van der Waals surface area contributed by atoms with Gasteiger partial charge in [-0.1, -0.05) is 60.2 Å². The van der Waals surface area contributed by atoms with Crippen LogP contribution in [0.5, 0.6) is 17.2 Å². The number of para-hydroxylation sites is 1. The van der Waals surface area contributed by atoms with E-state index in [2.05, 4.69) is 0 Å². The predicted octanol–water partition coefficient (Wildman–Crippen LogP) is 6.08. The summed E-state index contributed by atoms with van der Waals surface area (Å²) in [6.07, 6.45) is 2.30. The summed E-state index contributed by atoms with van der Waals surface area (Å²) in [5.74, 6) is -5.18. The number of ether oxygens (including phenoxy) is 2. The topological polar surface area (TPSA) is 131 Å². The fourth-order valence-corrected chi connectivity index (χ4v) is 9.08. The van der Waals surface area contributed by atoms with Crippen LogP contribution in [0.3, 0.4) is 0 Å². The van der Waals surface area contributed by atoms with Gasteiger partial charge in [-0.25, -0.2) is 4.90 Å². The Labute approximate surface area is 300 Å². The average molecular weight is 697 g/mol. The molecule has 4 aromatic carbocycles. The Balaban J connectivity index is 1.21. The van der Waals surface area contributed by atoms with Gasteiger partial charge >= 0.3 is 0 Å². The van der Waals surface area contributed by atoms with Gasteiger partial charge in [0.2, 0.25) is 23.6 Å². The molecule has 52 heavy (non-hydrogen) atoms. The zero-order valence-corrected chi connectivity index (χ0v) is 28.8. The number of phenolic OH excluding ortho intramolecular Hbond substituents is 1. The fourth-order valence-electron chi connectivity index (χ4n) is 9.08. The second-order valence-electron chi connectivity index (χ2n) is 14.0. The first-order chi connectivity index (χ1) is 25.1. The van der Waals surface area contributed by atoms with Gasteiger partial charge in [-0.2, -0.15) is 0 Å². The lowest BCUT2D eigenvalue weighted by Gasteiger charge is -2.49. The smallest absolute Gasteiger partial charge is 0.241 e. The van der Waals surface area contributed by atoms with Gasteiger partial charge in [-0.05, 0) is 62.1 Å². The summed E-state index contributed by atoms with van der Waals surface area (Å²) in [5, 5.41) is 11.6. The molecule has 10 heteroatoms. The molecule has 1 N–H and O–H groups in total. The molecule has 2 aliphatic heterocycles. The van der Waals surface area contributed by atoms with Gasteiger partial charge in [0.1, 0.15) is 17.2 Å². The number of anilines is 2. The van der Waals surface area contributed by atoms with E-state index in [0.29, 0.717) is 39.4 Å². The highest BCUT2D eigenvalue weighted by molar-refractivity contribution is 6.25. The third-order valence-electron chi connectivity index (χ3n) is 11.6. The number of hydrogen-bond acceptors (Lipinski definition) is 8. The summed E-state index contributed by atoms with van der Waals surface area (Å²) in [7, 11) is 2.92. The summed E-state index contributed by atoms with van der Waals surface area (Å²) in [6.45, 7) is 1.75. The maximum atomic E-state index is 14.7. The molecular weight excluding hydrogens is 660 g/mol. The van der Waals surface area contributed by atoms with Crippen molar-refractivity contribution < 1.29 is 38.6 Å². The van der Waals surface area contributed by atoms with Crippen molar-refractivity contribution >= 4 is 40.8 Å². The van der Waals surface area contributed by atoms with Crippen LogP contribution in [-0.4, -0.2) is 48.7 Å².